The number of aromatic nitrogens is 2. The van der Waals surface area contributed by atoms with E-state index in [4.69, 9.17) is 11.6 Å². The average Bonchev–Trinajstić information content (AvgIpc) is 2.84. The van der Waals surface area contributed by atoms with Crippen molar-refractivity contribution in [3.63, 3.8) is 0 Å². The maximum atomic E-state index is 9.42. The second-order valence-electron chi connectivity index (χ2n) is 4.99. The molecule has 0 radical (unpaired) electrons. The number of nitrogens with one attached hydrogen (secondary N) is 2. The van der Waals surface area contributed by atoms with Crippen molar-refractivity contribution in [2.75, 3.05) is 17.7 Å². The molecule has 0 bridgehead atoms. The van der Waals surface area contributed by atoms with E-state index in [1.807, 2.05) is 18.2 Å². The van der Waals surface area contributed by atoms with Gasteiger partial charge in [-0.2, -0.15) is 0 Å². The molecule has 0 fully saturated rings. The minimum atomic E-state index is -0.560. The molecule has 0 aliphatic rings. The summed E-state index contributed by atoms with van der Waals surface area (Å²) in [5, 5.41) is 21.8. The molecule has 2 aromatic rings. The lowest BCUT2D eigenvalue weighted by Crippen LogP contribution is -2.20. The van der Waals surface area contributed by atoms with Crippen molar-refractivity contribution in [2.45, 2.75) is 32.0 Å². The molecule has 20 heavy (non-hydrogen) atoms. The van der Waals surface area contributed by atoms with Crippen LogP contribution in [0.5, 0.6) is 0 Å². The smallest absolute Gasteiger partial charge is 0.107 e. The van der Waals surface area contributed by atoms with Crippen molar-refractivity contribution in [3.05, 3.63) is 24.0 Å². The van der Waals surface area contributed by atoms with Crippen LogP contribution in [0.2, 0.25) is 0 Å². The third-order valence-electron chi connectivity index (χ3n) is 3.05. The Kier molecular flexibility index (Phi) is 5.23. The molecule has 0 amide bonds. The lowest BCUT2D eigenvalue weighted by Gasteiger charge is -2.09. The first-order valence-electron chi connectivity index (χ1n) is 6.73. The molecule has 0 aliphatic carbocycles. The first-order valence-corrected chi connectivity index (χ1v) is 7.26. The van der Waals surface area contributed by atoms with Crippen LogP contribution in [0.25, 0.3) is 11.0 Å². The van der Waals surface area contributed by atoms with Gasteiger partial charge < -0.3 is 20.5 Å². The maximum Gasteiger partial charge on any atom is 0.107 e. The van der Waals surface area contributed by atoms with Crippen molar-refractivity contribution in [1.29, 1.82) is 0 Å². The molecular formula is C14H20ClN3O2. The van der Waals surface area contributed by atoms with E-state index in [1.54, 1.807) is 6.92 Å². The molecule has 0 saturated heterocycles. The summed E-state index contributed by atoms with van der Waals surface area (Å²) >= 11 is 5.55. The topological polar surface area (TPSA) is 81.2 Å². The number of aliphatic hydroxyl groups excluding tert-OH is 2. The second kappa shape index (κ2) is 6.92. The van der Waals surface area contributed by atoms with E-state index in [0.29, 0.717) is 13.0 Å². The predicted molar refractivity (Wildman–Crippen MR) is 81.3 cm³/mol. The van der Waals surface area contributed by atoms with Gasteiger partial charge in [0.25, 0.3) is 0 Å². The Balaban J connectivity index is 2.05. The quantitative estimate of drug-likeness (QED) is 0.588. The highest BCUT2D eigenvalue weighted by atomic mass is 35.5. The molecular weight excluding hydrogens is 278 g/mol. The van der Waals surface area contributed by atoms with Gasteiger partial charge in [-0.25, -0.2) is 4.98 Å². The molecule has 1 aromatic heterocycles. The zero-order valence-corrected chi connectivity index (χ0v) is 12.2. The van der Waals surface area contributed by atoms with Gasteiger partial charge in [-0.05, 0) is 31.5 Å². The fourth-order valence-corrected chi connectivity index (χ4v) is 2.04. The fourth-order valence-electron chi connectivity index (χ4n) is 1.93. The Morgan fingerprint density at radius 1 is 1.40 bits per heavy atom. The van der Waals surface area contributed by atoms with Crippen LogP contribution in [-0.2, 0) is 6.42 Å². The van der Waals surface area contributed by atoms with E-state index in [9.17, 15) is 10.2 Å². The molecule has 2 atom stereocenters. The van der Waals surface area contributed by atoms with Crippen LogP contribution in [-0.4, -0.2) is 44.8 Å². The molecule has 4 N–H and O–H groups in total. The molecule has 6 heteroatoms. The highest BCUT2D eigenvalue weighted by Crippen LogP contribution is 2.18. The number of H-pyrrole nitrogens is 1. The summed E-state index contributed by atoms with van der Waals surface area (Å²) in [6, 6.07) is 5.80. The third-order valence-corrected chi connectivity index (χ3v) is 3.41. The summed E-state index contributed by atoms with van der Waals surface area (Å²) in [7, 11) is 0. The Morgan fingerprint density at radius 3 is 2.90 bits per heavy atom. The van der Waals surface area contributed by atoms with Gasteiger partial charge in [-0.1, -0.05) is 0 Å². The van der Waals surface area contributed by atoms with E-state index in [0.717, 1.165) is 29.0 Å². The fraction of sp³-hybridized carbons (Fsp3) is 0.500. The number of anilines is 1. The summed E-state index contributed by atoms with van der Waals surface area (Å²) in [6.07, 6.45) is 0.528. The van der Waals surface area contributed by atoms with Crippen molar-refractivity contribution in [2.24, 2.45) is 0 Å². The molecule has 2 rings (SSSR count). The Bertz CT molecular complexity index is 556. The average molecular weight is 298 g/mol. The third kappa shape index (κ3) is 4.10. The van der Waals surface area contributed by atoms with Crippen molar-refractivity contribution in [1.82, 2.24) is 9.97 Å². The van der Waals surface area contributed by atoms with Crippen molar-refractivity contribution in [3.8, 4) is 0 Å². The van der Waals surface area contributed by atoms with Crippen LogP contribution in [0.3, 0.4) is 0 Å². The second-order valence-corrected chi connectivity index (χ2v) is 5.30. The van der Waals surface area contributed by atoms with E-state index >= 15 is 0 Å². The van der Waals surface area contributed by atoms with Gasteiger partial charge in [0, 0.05) is 18.7 Å². The van der Waals surface area contributed by atoms with Gasteiger partial charge in [-0.15, -0.1) is 11.6 Å². The van der Waals surface area contributed by atoms with E-state index in [-0.39, 0.29) is 12.0 Å². The minimum Gasteiger partial charge on any atom is -0.393 e. The Labute approximate surface area is 123 Å². The zero-order chi connectivity index (χ0) is 14.5. The monoisotopic (exact) mass is 297 g/mol. The highest BCUT2D eigenvalue weighted by molar-refractivity contribution is 6.18. The predicted octanol–water partition coefficient (Wildman–Crippen LogP) is 1.89. The van der Waals surface area contributed by atoms with Crippen LogP contribution < -0.4 is 5.32 Å². The molecule has 2 unspecified atom stereocenters. The largest absolute Gasteiger partial charge is 0.393 e. The number of nitrogens with zero attached hydrogens (tertiary/aromatic N) is 1. The minimum absolute atomic E-state index is 0.211. The van der Waals surface area contributed by atoms with Crippen molar-refractivity contribution >= 4 is 28.3 Å². The first kappa shape index (κ1) is 15.1. The van der Waals surface area contributed by atoms with Crippen molar-refractivity contribution < 1.29 is 10.2 Å². The molecule has 110 valence electrons. The van der Waals surface area contributed by atoms with E-state index in [1.165, 1.54) is 0 Å². The summed E-state index contributed by atoms with van der Waals surface area (Å²) in [6.45, 7) is 2.19. The summed E-state index contributed by atoms with van der Waals surface area (Å²) in [5.74, 6) is 1.09. The number of hydrogen-bond donors (Lipinski definition) is 4. The highest BCUT2D eigenvalue weighted by Gasteiger charge is 2.06. The zero-order valence-electron chi connectivity index (χ0n) is 11.4. The number of imidazole rings is 1. The van der Waals surface area contributed by atoms with E-state index in [2.05, 4.69) is 15.3 Å². The molecule has 1 aromatic carbocycles. The number of alkyl halides is 1. The molecule has 0 saturated carbocycles. The standard InChI is InChI=1S/C14H20ClN3O2/c1-9(19)2-5-14-17-12-4-3-10(6-13(12)18-14)16-8-11(20)7-15/h3-4,6,9,11,16,19-20H,2,5,7-8H2,1H3,(H,17,18). The summed E-state index contributed by atoms with van der Waals surface area (Å²) < 4.78 is 0. The number of aliphatic hydroxyl groups is 2. The van der Waals surface area contributed by atoms with Crippen LogP contribution in [0.1, 0.15) is 19.2 Å². The number of rotatable bonds is 7. The maximum absolute atomic E-state index is 9.42. The number of aryl methyl sites for hydroxylation is 1. The number of benzene rings is 1. The number of aromatic amines is 1. The Hall–Kier alpha value is -1.30. The van der Waals surface area contributed by atoms with Gasteiger partial charge in [0.2, 0.25) is 0 Å². The lowest BCUT2D eigenvalue weighted by molar-refractivity contribution is 0.184. The van der Waals surface area contributed by atoms with Gasteiger partial charge >= 0.3 is 0 Å². The molecule has 5 nitrogen and oxygen atoms in total. The number of halogens is 1. The first-order chi connectivity index (χ1) is 9.58. The summed E-state index contributed by atoms with van der Waals surface area (Å²) in [4.78, 5) is 7.71. The van der Waals surface area contributed by atoms with Crippen LogP contribution >= 0.6 is 11.6 Å². The number of hydrogen-bond acceptors (Lipinski definition) is 4. The Morgan fingerprint density at radius 2 is 2.20 bits per heavy atom. The number of fused-ring (bicyclic) bond motifs is 1. The van der Waals surface area contributed by atoms with Crippen LogP contribution in [0.15, 0.2) is 18.2 Å². The van der Waals surface area contributed by atoms with Gasteiger partial charge in [-0.3, -0.25) is 0 Å². The SMILES string of the molecule is CC(O)CCc1nc2ccc(NCC(O)CCl)cc2[nH]1. The van der Waals surface area contributed by atoms with Gasteiger partial charge in [0.1, 0.15) is 5.82 Å². The van der Waals surface area contributed by atoms with Crippen LogP contribution in [0.4, 0.5) is 5.69 Å². The van der Waals surface area contributed by atoms with E-state index < -0.39 is 6.10 Å². The molecule has 1 heterocycles. The lowest BCUT2D eigenvalue weighted by atomic mass is 10.2. The van der Waals surface area contributed by atoms with Gasteiger partial charge in [0.05, 0.1) is 29.1 Å². The molecule has 0 aliphatic heterocycles. The normalized spacial score (nSPS) is 14.4. The summed E-state index contributed by atoms with van der Waals surface area (Å²) in [5.41, 5.74) is 2.75. The van der Waals surface area contributed by atoms with Crippen LogP contribution in [0, 0.1) is 0 Å². The van der Waals surface area contributed by atoms with Gasteiger partial charge in [0.15, 0.2) is 0 Å². The molecule has 0 spiro atoms.